The Morgan fingerprint density at radius 1 is 1.08 bits per heavy atom. The van der Waals surface area contributed by atoms with Crippen LogP contribution in [0.25, 0.3) is 0 Å². The molecule has 36 heavy (non-hydrogen) atoms. The number of amides is 1. The molecule has 2 fully saturated rings. The number of ether oxygens (including phenoxy) is 1. The van der Waals surface area contributed by atoms with Gasteiger partial charge in [0, 0.05) is 29.1 Å². The molecule has 0 radical (unpaired) electrons. The fourth-order valence-electron chi connectivity index (χ4n) is 4.46. The van der Waals surface area contributed by atoms with Crippen LogP contribution in [0.4, 0.5) is 5.82 Å². The Kier molecular flexibility index (Phi) is 6.15. The lowest BCUT2D eigenvalue weighted by molar-refractivity contribution is -0.117. The van der Waals surface area contributed by atoms with Crippen LogP contribution in [0.3, 0.4) is 0 Å². The Labute approximate surface area is 214 Å². The smallest absolute Gasteiger partial charge is 0.229 e. The molecule has 2 aliphatic rings. The van der Waals surface area contributed by atoms with Crippen LogP contribution >= 0.6 is 11.6 Å². The van der Waals surface area contributed by atoms with Crippen molar-refractivity contribution >= 4 is 23.3 Å². The van der Waals surface area contributed by atoms with Crippen molar-refractivity contribution in [3.8, 4) is 5.75 Å². The van der Waals surface area contributed by atoms with Crippen molar-refractivity contribution in [2.24, 2.45) is 5.92 Å². The molecule has 2 aromatic heterocycles. The minimum Gasteiger partial charge on any atom is -0.487 e. The Morgan fingerprint density at radius 2 is 1.92 bits per heavy atom. The van der Waals surface area contributed by atoms with Crippen LogP contribution in [0.5, 0.6) is 5.75 Å². The minimum absolute atomic E-state index is 0.0663. The van der Waals surface area contributed by atoms with Crippen molar-refractivity contribution in [1.82, 2.24) is 20.0 Å². The quantitative estimate of drug-likeness (QED) is 0.325. The minimum atomic E-state index is -0.0876. The van der Waals surface area contributed by atoms with Gasteiger partial charge in [0.1, 0.15) is 12.4 Å². The van der Waals surface area contributed by atoms with E-state index in [1.807, 2.05) is 28.9 Å². The monoisotopic (exact) mass is 499 g/mol. The fourth-order valence-corrected chi connectivity index (χ4v) is 4.65. The average molecular weight is 500 g/mol. The molecule has 2 atom stereocenters. The van der Waals surface area contributed by atoms with Gasteiger partial charge in [-0.15, -0.1) is 5.10 Å². The van der Waals surface area contributed by atoms with E-state index >= 15 is 0 Å². The van der Waals surface area contributed by atoms with Crippen molar-refractivity contribution < 1.29 is 9.53 Å². The summed E-state index contributed by atoms with van der Waals surface area (Å²) in [5, 5.41) is 16.2. The first-order valence-electron chi connectivity index (χ1n) is 12.2. The van der Waals surface area contributed by atoms with Gasteiger partial charge in [-0.25, -0.2) is 0 Å². The van der Waals surface area contributed by atoms with E-state index in [0.717, 1.165) is 24.1 Å². The summed E-state index contributed by atoms with van der Waals surface area (Å²) in [5.41, 5.74) is 4.53. The lowest BCUT2D eigenvalue weighted by Gasteiger charge is -2.09. The van der Waals surface area contributed by atoms with Gasteiger partial charge < -0.3 is 10.1 Å². The number of carbonyl (C=O) groups is 1. The van der Waals surface area contributed by atoms with Crippen molar-refractivity contribution in [3.05, 3.63) is 100 Å². The van der Waals surface area contributed by atoms with Crippen LogP contribution in [0.15, 0.2) is 73.1 Å². The number of hydrogen-bond donors (Lipinski definition) is 1. The number of carbonyl (C=O) groups excluding carboxylic acids is 1. The number of anilines is 1. The standard InChI is InChI=1S/C28H26ClN5O2/c29-22-3-1-2-21(12-22)24-14-25(24)28(35)31-27-13-23(15-30-32-27)36-17-19-6-4-18(5-7-19)16-34-11-10-26(33-34)20-8-9-20/h1-7,10-13,15,20,24-25H,8-9,14,16-17H2,(H,31,32,35)/t24-,25+/m1/s1. The predicted molar refractivity (Wildman–Crippen MR) is 137 cm³/mol. The van der Waals surface area contributed by atoms with Crippen LogP contribution in [0.2, 0.25) is 5.02 Å². The van der Waals surface area contributed by atoms with Crippen LogP contribution in [0.1, 0.15) is 53.5 Å². The largest absolute Gasteiger partial charge is 0.487 e. The maximum Gasteiger partial charge on any atom is 0.229 e. The van der Waals surface area contributed by atoms with Gasteiger partial charge in [-0.3, -0.25) is 9.48 Å². The maximum absolute atomic E-state index is 12.7. The normalized spacial score (nSPS) is 18.6. The number of nitrogens with one attached hydrogen (secondary N) is 1. The van der Waals surface area contributed by atoms with Crippen molar-refractivity contribution in [2.75, 3.05) is 5.32 Å². The van der Waals surface area contributed by atoms with E-state index in [1.54, 1.807) is 12.3 Å². The third-order valence-electron chi connectivity index (χ3n) is 6.71. The molecule has 1 amide bonds. The Morgan fingerprint density at radius 3 is 2.72 bits per heavy atom. The van der Waals surface area contributed by atoms with Gasteiger partial charge in [0.2, 0.25) is 5.91 Å². The van der Waals surface area contributed by atoms with E-state index in [1.165, 1.54) is 24.1 Å². The Hall–Kier alpha value is -3.71. The van der Waals surface area contributed by atoms with E-state index in [2.05, 4.69) is 57.1 Å². The average Bonchev–Trinajstić information content (AvgIpc) is 3.82. The molecule has 7 nitrogen and oxygen atoms in total. The van der Waals surface area contributed by atoms with Gasteiger partial charge >= 0.3 is 0 Å². The number of nitrogens with zero attached hydrogens (tertiary/aromatic N) is 4. The van der Waals surface area contributed by atoms with E-state index < -0.39 is 0 Å². The van der Waals surface area contributed by atoms with Crippen LogP contribution in [0, 0.1) is 5.92 Å². The summed E-state index contributed by atoms with van der Waals surface area (Å²) in [6.45, 7) is 1.15. The van der Waals surface area contributed by atoms with Crippen molar-refractivity contribution in [3.63, 3.8) is 0 Å². The summed E-state index contributed by atoms with van der Waals surface area (Å²) in [6, 6.07) is 19.8. The summed E-state index contributed by atoms with van der Waals surface area (Å²) in [6.07, 6.45) is 6.92. The number of hydrogen-bond acceptors (Lipinski definition) is 5. The van der Waals surface area contributed by atoms with Crippen molar-refractivity contribution in [2.45, 2.75) is 44.2 Å². The topological polar surface area (TPSA) is 81.9 Å². The molecule has 2 heterocycles. The zero-order chi connectivity index (χ0) is 24.5. The highest BCUT2D eigenvalue weighted by Crippen LogP contribution is 2.48. The molecule has 0 saturated heterocycles. The summed E-state index contributed by atoms with van der Waals surface area (Å²) in [4.78, 5) is 12.7. The van der Waals surface area contributed by atoms with Crippen LogP contribution < -0.4 is 10.1 Å². The molecule has 0 unspecified atom stereocenters. The molecule has 0 aliphatic heterocycles. The molecule has 2 saturated carbocycles. The zero-order valence-electron chi connectivity index (χ0n) is 19.7. The molecule has 4 aromatic rings. The first-order chi connectivity index (χ1) is 17.6. The molecule has 1 N–H and O–H groups in total. The van der Waals surface area contributed by atoms with Crippen LogP contribution in [-0.4, -0.2) is 25.9 Å². The van der Waals surface area contributed by atoms with Gasteiger partial charge in [0.15, 0.2) is 5.82 Å². The highest BCUT2D eigenvalue weighted by atomic mass is 35.5. The molecule has 2 aromatic carbocycles. The first-order valence-corrected chi connectivity index (χ1v) is 12.6. The third kappa shape index (κ3) is 5.41. The van der Waals surface area contributed by atoms with Gasteiger partial charge in [-0.1, -0.05) is 48.0 Å². The number of benzene rings is 2. The molecule has 0 bridgehead atoms. The fraction of sp³-hybridized carbons (Fsp3) is 0.286. The molecule has 6 rings (SSSR count). The van der Waals surface area contributed by atoms with Gasteiger partial charge in [-0.05, 0) is 60.1 Å². The SMILES string of the molecule is O=C(Nc1cc(OCc2ccc(Cn3ccc(C4CC4)n3)cc2)cnn1)[C@H]1C[C@@H]1c1cccc(Cl)c1. The van der Waals surface area contributed by atoms with Crippen molar-refractivity contribution in [1.29, 1.82) is 0 Å². The second-order valence-electron chi connectivity index (χ2n) is 9.59. The zero-order valence-corrected chi connectivity index (χ0v) is 20.4. The second kappa shape index (κ2) is 9.74. The molecular formula is C28H26ClN5O2. The van der Waals surface area contributed by atoms with Gasteiger partial charge in [0.05, 0.1) is 18.4 Å². The molecular weight excluding hydrogens is 474 g/mol. The van der Waals surface area contributed by atoms with E-state index in [9.17, 15) is 4.79 Å². The van der Waals surface area contributed by atoms with Gasteiger partial charge in [-0.2, -0.15) is 10.2 Å². The summed E-state index contributed by atoms with van der Waals surface area (Å²) in [5.74, 6) is 1.64. The first kappa shape index (κ1) is 22.7. The third-order valence-corrected chi connectivity index (χ3v) is 6.95. The summed E-state index contributed by atoms with van der Waals surface area (Å²) in [7, 11) is 0. The number of rotatable bonds is 9. The van der Waals surface area contributed by atoms with Gasteiger partial charge in [0.25, 0.3) is 0 Å². The summed E-state index contributed by atoms with van der Waals surface area (Å²) < 4.78 is 7.90. The highest BCUT2D eigenvalue weighted by molar-refractivity contribution is 6.30. The van der Waals surface area contributed by atoms with E-state index in [4.69, 9.17) is 16.3 Å². The summed E-state index contributed by atoms with van der Waals surface area (Å²) >= 11 is 6.08. The molecule has 8 heteroatoms. The molecule has 182 valence electrons. The Bertz CT molecular complexity index is 1380. The predicted octanol–water partition coefficient (Wildman–Crippen LogP) is 5.57. The van der Waals surface area contributed by atoms with E-state index in [-0.39, 0.29) is 17.7 Å². The second-order valence-corrected chi connectivity index (χ2v) is 10.0. The Balaban J connectivity index is 1.01. The molecule has 2 aliphatic carbocycles. The maximum atomic E-state index is 12.7. The lowest BCUT2D eigenvalue weighted by atomic mass is 10.1. The number of halogens is 1. The lowest BCUT2D eigenvalue weighted by Crippen LogP contribution is -2.16. The van der Waals surface area contributed by atoms with E-state index in [0.29, 0.717) is 29.1 Å². The highest BCUT2D eigenvalue weighted by Gasteiger charge is 2.44. The van der Waals surface area contributed by atoms with Crippen LogP contribution in [-0.2, 0) is 17.9 Å². The molecule has 0 spiro atoms. The number of aromatic nitrogens is 4.